The van der Waals surface area contributed by atoms with Gasteiger partial charge < -0.3 is 9.47 Å². The predicted octanol–water partition coefficient (Wildman–Crippen LogP) is 2.46. The van der Waals surface area contributed by atoms with Gasteiger partial charge in [0, 0.05) is 32.0 Å². The average molecular weight is 273 g/mol. The van der Waals surface area contributed by atoms with E-state index in [0.717, 1.165) is 51.1 Å². The molecule has 1 aliphatic carbocycles. The van der Waals surface area contributed by atoms with Crippen LogP contribution in [0.15, 0.2) is 30.3 Å². The summed E-state index contributed by atoms with van der Waals surface area (Å²) >= 11 is 0. The number of benzene rings is 1. The van der Waals surface area contributed by atoms with Gasteiger partial charge in [0.05, 0.1) is 13.2 Å². The lowest BCUT2D eigenvalue weighted by atomic mass is 10.0. The number of likely N-dealkylation sites (tertiary alicyclic amines) is 1. The van der Waals surface area contributed by atoms with E-state index in [9.17, 15) is 0 Å². The molecule has 0 aromatic heterocycles. The second kappa shape index (κ2) is 5.14. The maximum Gasteiger partial charge on any atom is 0.170 e. The molecule has 0 amide bonds. The minimum atomic E-state index is -0.222. The lowest BCUT2D eigenvalue weighted by Gasteiger charge is -2.38. The van der Waals surface area contributed by atoms with Crippen LogP contribution in [0.5, 0.6) is 0 Å². The van der Waals surface area contributed by atoms with Crippen molar-refractivity contribution in [1.82, 2.24) is 4.90 Å². The summed E-state index contributed by atoms with van der Waals surface area (Å²) in [7, 11) is 0. The van der Waals surface area contributed by atoms with Crippen molar-refractivity contribution >= 4 is 0 Å². The summed E-state index contributed by atoms with van der Waals surface area (Å²) in [6.45, 7) is 3.83. The fourth-order valence-corrected chi connectivity index (χ4v) is 3.80. The summed E-state index contributed by atoms with van der Waals surface area (Å²) in [6, 6.07) is 11.7. The number of hydrogen-bond donors (Lipinski definition) is 0. The highest BCUT2D eigenvalue weighted by Crippen LogP contribution is 2.42. The Bertz CT molecular complexity index is 445. The lowest BCUT2D eigenvalue weighted by molar-refractivity contribution is -0.186. The molecule has 3 aliphatic rings. The molecule has 0 unspecified atom stereocenters. The van der Waals surface area contributed by atoms with Crippen molar-refractivity contribution in [3.8, 4) is 0 Å². The summed E-state index contributed by atoms with van der Waals surface area (Å²) < 4.78 is 11.6. The van der Waals surface area contributed by atoms with Gasteiger partial charge in [0.25, 0.3) is 0 Å². The summed E-state index contributed by atoms with van der Waals surface area (Å²) in [5.41, 5.74) is 1.48. The van der Waals surface area contributed by atoms with Crippen LogP contribution in [0.3, 0.4) is 0 Å². The zero-order valence-electron chi connectivity index (χ0n) is 12.0. The van der Waals surface area contributed by atoms with Gasteiger partial charge in [-0.05, 0) is 24.3 Å². The maximum absolute atomic E-state index is 5.80. The van der Waals surface area contributed by atoms with Crippen molar-refractivity contribution in [1.29, 1.82) is 0 Å². The normalized spacial score (nSPS) is 32.6. The highest BCUT2D eigenvalue weighted by atomic mass is 16.7. The summed E-state index contributed by atoms with van der Waals surface area (Å²) in [5.74, 6) is 0.636. The molecule has 3 fully saturated rings. The van der Waals surface area contributed by atoms with Crippen LogP contribution in [0.25, 0.3) is 0 Å². The van der Waals surface area contributed by atoms with Crippen molar-refractivity contribution < 1.29 is 9.47 Å². The van der Waals surface area contributed by atoms with E-state index in [1.165, 1.54) is 18.4 Å². The Morgan fingerprint density at radius 2 is 1.75 bits per heavy atom. The molecular formula is C17H23NO2. The smallest absolute Gasteiger partial charge is 0.170 e. The van der Waals surface area contributed by atoms with E-state index in [2.05, 4.69) is 35.2 Å². The topological polar surface area (TPSA) is 21.7 Å². The van der Waals surface area contributed by atoms with Gasteiger partial charge >= 0.3 is 0 Å². The minimum Gasteiger partial charge on any atom is -0.347 e. The molecule has 2 atom stereocenters. The third-order valence-corrected chi connectivity index (χ3v) is 5.07. The van der Waals surface area contributed by atoms with E-state index in [1.54, 1.807) is 0 Å². The largest absolute Gasteiger partial charge is 0.347 e. The van der Waals surface area contributed by atoms with E-state index >= 15 is 0 Å². The van der Waals surface area contributed by atoms with Gasteiger partial charge in [-0.2, -0.15) is 0 Å². The van der Waals surface area contributed by atoms with Crippen LogP contribution in [0.1, 0.15) is 24.8 Å². The number of nitrogens with zero attached hydrogens (tertiary/aromatic N) is 1. The van der Waals surface area contributed by atoms with Crippen LogP contribution >= 0.6 is 0 Å². The van der Waals surface area contributed by atoms with Gasteiger partial charge in [0.2, 0.25) is 0 Å². The lowest BCUT2D eigenvalue weighted by Crippen LogP contribution is -2.46. The van der Waals surface area contributed by atoms with E-state index in [-0.39, 0.29) is 5.79 Å². The van der Waals surface area contributed by atoms with E-state index < -0.39 is 0 Å². The second-order valence-electron chi connectivity index (χ2n) is 6.40. The number of hydrogen-bond acceptors (Lipinski definition) is 3. The van der Waals surface area contributed by atoms with Gasteiger partial charge in [0.15, 0.2) is 5.79 Å². The SMILES string of the molecule is c1ccc(C[C@H]2C[C@@H]2N2CCC3(CC2)OCCO3)cc1. The first-order chi connectivity index (χ1) is 9.85. The highest BCUT2D eigenvalue weighted by molar-refractivity contribution is 5.17. The molecule has 2 saturated heterocycles. The third-order valence-electron chi connectivity index (χ3n) is 5.07. The molecule has 1 aromatic rings. The Kier molecular flexibility index (Phi) is 3.29. The van der Waals surface area contributed by atoms with Crippen molar-refractivity contribution in [2.75, 3.05) is 26.3 Å². The van der Waals surface area contributed by atoms with Crippen LogP contribution in [0, 0.1) is 5.92 Å². The zero-order chi connectivity index (χ0) is 13.4. The Morgan fingerprint density at radius 3 is 2.45 bits per heavy atom. The van der Waals surface area contributed by atoms with E-state index in [1.807, 2.05) is 0 Å². The van der Waals surface area contributed by atoms with Gasteiger partial charge in [-0.25, -0.2) is 0 Å². The van der Waals surface area contributed by atoms with Crippen LogP contribution in [-0.4, -0.2) is 43.0 Å². The first kappa shape index (κ1) is 12.8. The molecule has 20 heavy (non-hydrogen) atoms. The average Bonchev–Trinajstić information content (AvgIpc) is 3.10. The zero-order valence-corrected chi connectivity index (χ0v) is 12.0. The fourth-order valence-electron chi connectivity index (χ4n) is 3.80. The highest BCUT2D eigenvalue weighted by Gasteiger charge is 2.46. The van der Waals surface area contributed by atoms with Crippen LogP contribution in [0.4, 0.5) is 0 Å². The molecule has 0 N–H and O–H groups in total. The molecule has 3 heteroatoms. The molecule has 2 heterocycles. The monoisotopic (exact) mass is 273 g/mol. The molecule has 1 spiro atoms. The number of ether oxygens (including phenoxy) is 2. The number of piperidine rings is 1. The quantitative estimate of drug-likeness (QED) is 0.844. The third kappa shape index (κ3) is 2.50. The van der Waals surface area contributed by atoms with Gasteiger partial charge in [0.1, 0.15) is 0 Å². The fraction of sp³-hybridized carbons (Fsp3) is 0.647. The Labute approximate surface area is 120 Å². The van der Waals surface area contributed by atoms with Crippen molar-refractivity contribution in [2.24, 2.45) is 5.92 Å². The summed E-state index contributed by atoms with van der Waals surface area (Å²) in [4.78, 5) is 2.66. The van der Waals surface area contributed by atoms with Crippen LogP contribution in [0.2, 0.25) is 0 Å². The molecule has 4 rings (SSSR count). The first-order valence-electron chi connectivity index (χ1n) is 7.91. The number of rotatable bonds is 3. The second-order valence-corrected chi connectivity index (χ2v) is 6.40. The Hall–Kier alpha value is -0.900. The van der Waals surface area contributed by atoms with Crippen molar-refractivity contribution in [3.63, 3.8) is 0 Å². The molecule has 1 saturated carbocycles. The molecule has 2 aliphatic heterocycles. The molecule has 108 valence electrons. The predicted molar refractivity (Wildman–Crippen MR) is 77.5 cm³/mol. The first-order valence-corrected chi connectivity index (χ1v) is 7.91. The van der Waals surface area contributed by atoms with Crippen LogP contribution in [-0.2, 0) is 15.9 Å². The van der Waals surface area contributed by atoms with Gasteiger partial charge in [-0.3, -0.25) is 4.90 Å². The minimum absolute atomic E-state index is 0.222. The van der Waals surface area contributed by atoms with E-state index in [0.29, 0.717) is 0 Å². The maximum atomic E-state index is 5.80. The van der Waals surface area contributed by atoms with Crippen molar-refractivity contribution in [3.05, 3.63) is 35.9 Å². The Morgan fingerprint density at radius 1 is 1.05 bits per heavy atom. The summed E-state index contributed by atoms with van der Waals surface area (Å²) in [6.07, 6.45) is 4.69. The van der Waals surface area contributed by atoms with Crippen LogP contribution < -0.4 is 0 Å². The van der Waals surface area contributed by atoms with Crippen molar-refractivity contribution in [2.45, 2.75) is 37.5 Å². The Balaban J connectivity index is 1.29. The standard InChI is InChI=1S/C17H23NO2/c1-2-4-14(5-3-1)12-15-13-16(15)18-8-6-17(7-9-18)19-10-11-20-17/h1-5,15-16H,6-13H2/t15-,16-/m0/s1. The molecule has 0 radical (unpaired) electrons. The summed E-state index contributed by atoms with van der Waals surface area (Å²) in [5, 5.41) is 0. The molecule has 1 aromatic carbocycles. The van der Waals surface area contributed by atoms with Gasteiger partial charge in [-0.15, -0.1) is 0 Å². The molecular weight excluding hydrogens is 250 g/mol. The van der Waals surface area contributed by atoms with Gasteiger partial charge in [-0.1, -0.05) is 30.3 Å². The van der Waals surface area contributed by atoms with E-state index in [4.69, 9.17) is 9.47 Å². The molecule has 3 nitrogen and oxygen atoms in total. The molecule has 0 bridgehead atoms.